The zero-order valence-corrected chi connectivity index (χ0v) is 20.6. The van der Waals surface area contributed by atoms with Gasteiger partial charge in [0.2, 0.25) is 5.91 Å². The van der Waals surface area contributed by atoms with Crippen molar-refractivity contribution in [3.63, 3.8) is 0 Å². The van der Waals surface area contributed by atoms with Crippen molar-refractivity contribution in [2.24, 2.45) is 5.41 Å². The molecular formula is C26H30ClF2N3O3. The number of hydrogen-bond acceptors (Lipinski definition) is 4. The van der Waals surface area contributed by atoms with Gasteiger partial charge in [-0.1, -0.05) is 11.6 Å². The number of carbonyl (C=O) groups is 2. The molecular weight excluding hydrogens is 476 g/mol. The van der Waals surface area contributed by atoms with Gasteiger partial charge in [-0.2, -0.15) is 0 Å². The van der Waals surface area contributed by atoms with Gasteiger partial charge in [0.15, 0.2) is 0 Å². The zero-order chi connectivity index (χ0) is 25.0. The predicted molar refractivity (Wildman–Crippen MR) is 130 cm³/mol. The molecule has 2 fully saturated rings. The SMILES string of the molecule is CN1CCN(C(=O)C[C@]2(COc3ccc(Cl)cc3)CCCN(C(=O)c3ccc(F)cc3F)C2)CC1. The molecule has 2 aliphatic rings. The number of piperidine rings is 1. The van der Waals surface area contributed by atoms with E-state index in [0.29, 0.717) is 49.3 Å². The van der Waals surface area contributed by atoms with E-state index in [-0.39, 0.29) is 31.0 Å². The Kier molecular flexibility index (Phi) is 7.91. The smallest absolute Gasteiger partial charge is 0.256 e. The van der Waals surface area contributed by atoms with Crippen LogP contribution in [0.25, 0.3) is 0 Å². The molecule has 0 aliphatic carbocycles. The van der Waals surface area contributed by atoms with Crippen molar-refractivity contribution in [2.45, 2.75) is 19.3 Å². The second-order valence-corrected chi connectivity index (χ2v) is 9.99. The number of rotatable bonds is 6. The Morgan fingerprint density at radius 3 is 2.40 bits per heavy atom. The van der Waals surface area contributed by atoms with E-state index in [1.54, 1.807) is 29.2 Å². The van der Waals surface area contributed by atoms with E-state index >= 15 is 0 Å². The average molecular weight is 506 g/mol. The van der Waals surface area contributed by atoms with Crippen LogP contribution in [0.3, 0.4) is 0 Å². The fourth-order valence-corrected chi connectivity index (χ4v) is 4.91. The highest BCUT2D eigenvalue weighted by molar-refractivity contribution is 6.30. The third-order valence-corrected chi connectivity index (χ3v) is 7.10. The Bertz CT molecular complexity index is 1060. The van der Waals surface area contributed by atoms with E-state index < -0.39 is 23.0 Å². The van der Waals surface area contributed by atoms with Gasteiger partial charge < -0.3 is 19.4 Å². The summed E-state index contributed by atoms with van der Waals surface area (Å²) < 4.78 is 33.8. The van der Waals surface area contributed by atoms with E-state index in [9.17, 15) is 18.4 Å². The molecule has 2 heterocycles. The number of likely N-dealkylation sites (tertiary alicyclic amines) is 1. The van der Waals surface area contributed by atoms with Gasteiger partial charge >= 0.3 is 0 Å². The van der Waals surface area contributed by atoms with Crippen molar-refractivity contribution in [3.05, 3.63) is 64.7 Å². The molecule has 0 unspecified atom stereocenters. The van der Waals surface area contributed by atoms with Gasteiger partial charge in [-0.3, -0.25) is 9.59 Å². The fourth-order valence-electron chi connectivity index (χ4n) is 4.78. The van der Waals surface area contributed by atoms with Gasteiger partial charge in [0, 0.05) is 62.2 Å². The largest absolute Gasteiger partial charge is 0.493 e. The van der Waals surface area contributed by atoms with Crippen LogP contribution in [0.2, 0.25) is 5.02 Å². The molecule has 2 aromatic carbocycles. The number of halogens is 3. The minimum Gasteiger partial charge on any atom is -0.493 e. The molecule has 0 aromatic heterocycles. The van der Waals surface area contributed by atoms with Crippen molar-refractivity contribution < 1.29 is 23.1 Å². The highest BCUT2D eigenvalue weighted by Crippen LogP contribution is 2.36. The second kappa shape index (κ2) is 10.9. The number of hydrogen-bond donors (Lipinski definition) is 0. The monoisotopic (exact) mass is 505 g/mol. The molecule has 2 aliphatic heterocycles. The molecule has 0 bridgehead atoms. The molecule has 0 N–H and O–H groups in total. The van der Waals surface area contributed by atoms with Gasteiger partial charge in [-0.25, -0.2) is 8.78 Å². The van der Waals surface area contributed by atoms with Crippen LogP contribution in [0.5, 0.6) is 5.75 Å². The fraction of sp³-hybridized carbons (Fsp3) is 0.462. The van der Waals surface area contributed by atoms with Crippen molar-refractivity contribution in [2.75, 3.05) is 52.9 Å². The highest BCUT2D eigenvalue weighted by atomic mass is 35.5. The molecule has 4 rings (SSSR count). The van der Waals surface area contributed by atoms with Gasteiger partial charge in [0.1, 0.15) is 17.4 Å². The number of amides is 2. The van der Waals surface area contributed by atoms with Crippen LogP contribution in [-0.2, 0) is 4.79 Å². The molecule has 0 spiro atoms. The van der Waals surface area contributed by atoms with Crippen LogP contribution >= 0.6 is 11.6 Å². The lowest BCUT2D eigenvalue weighted by Crippen LogP contribution is -2.53. The lowest BCUT2D eigenvalue weighted by atomic mass is 9.77. The summed E-state index contributed by atoms with van der Waals surface area (Å²) in [6.07, 6.45) is 1.56. The topological polar surface area (TPSA) is 53.1 Å². The Hall–Kier alpha value is -2.71. The Morgan fingerprint density at radius 1 is 1.00 bits per heavy atom. The summed E-state index contributed by atoms with van der Waals surface area (Å²) in [4.78, 5) is 32.1. The maximum Gasteiger partial charge on any atom is 0.256 e. The van der Waals surface area contributed by atoms with E-state index in [2.05, 4.69) is 4.90 Å². The molecule has 6 nitrogen and oxygen atoms in total. The third kappa shape index (κ3) is 6.30. The first-order chi connectivity index (χ1) is 16.7. The Morgan fingerprint density at radius 2 is 1.71 bits per heavy atom. The van der Waals surface area contributed by atoms with Crippen LogP contribution in [0.4, 0.5) is 8.78 Å². The van der Waals surface area contributed by atoms with Gasteiger partial charge in [-0.15, -0.1) is 0 Å². The predicted octanol–water partition coefficient (Wildman–Crippen LogP) is 4.08. The van der Waals surface area contributed by atoms with Crippen LogP contribution in [0.1, 0.15) is 29.6 Å². The number of nitrogens with zero attached hydrogens (tertiary/aromatic N) is 3. The second-order valence-electron chi connectivity index (χ2n) is 9.56. The molecule has 1 atom stereocenters. The van der Waals surface area contributed by atoms with E-state index in [4.69, 9.17) is 16.3 Å². The van der Waals surface area contributed by atoms with Crippen LogP contribution in [-0.4, -0.2) is 79.4 Å². The summed E-state index contributed by atoms with van der Waals surface area (Å²) >= 11 is 5.98. The normalized spacial score (nSPS) is 21.1. The maximum atomic E-state index is 14.3. The summed E-state index contributed by atoms with van der Waals surface area (Å²) in [5, 5.41) is 0.591. The van der Waals surface area contributed by atoms with Crippen molar-refractivity contribution in [1.82, 2.24) is 14.7 Å². The standard InChI is InChI=1S/C26H30ClF2N3O3/c1-30-11-13-31(14-12-30)24(33)16-26(18-35-21-6-3-19(27)4-7-21)9-2-10-32(17-26)25(34)22-8-5-20(28)15-23(22)29/h3-8,15H,2,9-14,16-18H2,1H3/t26-/m1/s1. The molecule has 2 amide bonds. The zero-order valence-electron chi connectivity index (χ0n) is 19.8. The van der Waals surface area contributed by atoms with E-state index in [0.717, 1.165) is 19.2 Å². The molecule has 35 heavy (non-hydrogen) atoms. The van der Waals surface area contributed by atoms with Gasteiger partial charge in [-0.05, 0) is 56.3 Å². The molecule has 0 saturated carbocycles. The maximum absolute atomic E-state index is 14.3. The minimum atomic E-state index is -0.892. The number of likely N-dealkylation sites (N-methyl/N-ethyl adjacent to an activating group) is 1. The Labute approximate surface area is 209 Å². The van der Waals surface area contributed by atoms with E-state index in [1.807, 2.05) is 11.9 Å². The molecule has 2 saturated heterocycles. The molecule has 9 heteroatoms. The molecule has 2 aromatic rings. The third-order valence-electron chi connectivity index (χ3n) is 6.85. The summed E-state index contributed by atoms with van der Waals surface area (Å²) in [6.45, 7) is 3.85. The number of benzene rings is 2. The van der Waals surface area contributed by atoms with Crippen molar-refractivity contribution >= 4 is 23.4 Å². The van der Waals surface area contributed by atoms with Crippen LogP contribution in [0.15, 0.2) is 42.5 Å². The Balaban J connectivity index is 1.54. The quantitative estimate of drug-likeness (QED) is 0.593. The average Bonchev–Trinajstić information content (AvgIpc) is 2.84. The summed E-state index contributed by atoms with van der Waals surface area (Å²) in [5.74, 6) is -1.49. The lowest BCUT2D eigenvalue weighted by molar-refractivity contribution is -0.137. The first-order valence-corrected chi connectivity index (χ1v) is 12.2. The number of ether oxygens (including phenoxy) is 1. The summed E-state index contributed by atoms with van der Waals surface area (Å²) in [7, 11) is 2.03. The van der Waals surface area contributed by atoms with Gasteiger partial charge in [0.25, 0.3) is 5.91 Å². The van der Waals surface area contributed by atoms with Crippen LogP contribution < -0.4 is 4.74 Å². The van der Waals surface area contributed by atoms with E-state index in [1.165, 1.54) is 6.07 Å². The lowest BCUT2D eigenvalue weighted by Gasteiger charge is -2.43. The van der Waals surface area contributed by atoms with Crippen LogP contribution in [0, 0.1) is 17.0 Å². The molecule has 0 radical (unpaired) electrons. The summed E-state index contributed by atoms with van der Waals surface area (Å²) in [5.41, 5.74) is -0.809. The minimum absolute atomic E-state index is 0.0278. The highest BCUT2D eigenvalue weighted by Gasteiger charge is 2.41. The number of carbonyl (C=O) groups excluding carboxylic acids is 2. The van der Waals surface area contributed by atoms with Gasteiger partial charge in [0.05, 0.1) is 12.2 Å². The first kappa shape index (κ1) is 25.4. The molecule has 188 valence electrons. The summed E-state index contributed by atoms with van der Waals surface area (Å²) in [6, 6.07) is 9.94. The van der Waals surface area contributed by atoms with Crippen molar-refractivity contribution in [3.8, 4) is 5.75 Å². The van der Waals surface area contributed by atoms with Crippen molar-refractivity contribution in [1.29, 1.82) is 0 Å². The number of piperazine rings is 1. The first-order valence-electron chi connectivity index (χ1n) is 11.8.